The molecule has 2 aromatic rings. The molecular weight excluding hydrogens is 284 g/mol. The summed E-state index contributed by atoms with van der Waals surface area (Å²) in [6, 6.07) is 7.50. The van der Waals surface area contributed by atoms with Crippen LogP contribution in [-0.2, 0) is 6.54 Å². The van der Waals surface area contributed by atoms with Crippen molar-refractivity contribution < 1.29 is 0 Å². The molecule has 0 unspecified atom stereocenters. The van der Waals surface area contributed by atoms with Gasteiger partial charge >= 0.3 is 0 Å². The molecule has 0 fully saturated rings. The van der Waals surface area contributed by atoms with E-state index in [2.05, 4.69) is 28.7 Å². The second-order valence-electron chi connectivity index (χ2n) is 5.59. The number of aromatic nitrogens is 2. The smallest absolute Gasteiger partial charge is 0.133 e. The molecule has 0 radical (unpaired) electrons. The topological polar surface area (TPSA) is 55.0 Å². The molecule has 1 aromatic carbocycles. The van der Waals surface area contributed by atoms with Crippen LogP contribution >= 0.6 is 11.6 Å². The van der Waals surface area contributed by atoms with Gasteiger partial charge in [0, 0.05) is 42.0 Å². The van der Waals surface area contributed by atoms with E-state index in [1.807, 2.05) is 32.2 Å². The van der Waals surface area contributed by atoms with Crippen molar-refractivity contribution in [1.82, 2.24) is 9.97 Å². The van der Waals surface area contributed by atoms with E-state index in [4.69, 9.17) is 17.3 Å². The molecule has 5 heteroatoms. The van der Waals surface area contributed by atoms with Gasteiger partial charge < -0.3 is 10.6 Å². The van der Waals surface area contributed by atoms with Gasteiger partial charge in [0.25, 0.3) is 0 Å². The van der Waals surface area contributed by atoms with E-state index in [9.17, 15) is 0 Å². The summed E-state index contributed by atoms with van der Waals surface area (Å²) in [6.07, 6.45) is 0. The van der Waals surface area contributed by atoms with Crippen molar-refractivity contribution in [2.45, 2.75) is 33.2 Å². The molecule has 1 heterocycles. The number of aryl methyl sites for hydroxylation is 1. The van der Waals surface area contributed by atoms with E-state index in [1.54, 1.807) is 6.07 Å². The van der Waals surface area contributed by atoms with E-state index < -0.39 is 0 Å². The molecule has 21 heavy (non-hydrogen) atoms. The third-order valence-electron chi connectivity index (χ3n) is 3.24. The van der Waals surface area contributed by atoms with Crippen LogP contribution in [0.4, 0.5) is 11.5 Å². The van der Waals surface area contributed by atoms with Crippen LogP contribution in [0, 0.1) is 6.92 Å². The Hall–Kier alpha value is -1.81. The number of benzene rings is 1. The number of anilines is 2. The van der Waals surface area contributed by atoms with Gasteiger partial charge in [-0.05, 0) is 30.7 Å². The van der Waals surface area contributed by atoms with Gasteiger partial charge in [0.05, 0.1) is 0 Å². The predicted octanol–water partition coefficient (Wildman–Crippen LogP) is 3.78. The Morgan fingerprint density at radius 3 is 2.62 bits per heavy atom. The van der Waals surface area contributed by atoms with Gasteiger partial charge in [0.2, 0.25) is 0 Å². The number of rotatable bonds is 4. The van der Waals surface area contributed by atoms with Gasteiger partial charge in [-0.2, -0.15) is 0 Å². The summed E-state index contributed by atoms with van der Waals surface area (Å²) in [6.45, 7) is 6.82. The monoisotopic (exact) mass is 304 g/mol. The molecule has 0 aliphatic rings. The highest BCUT2D eigenvalue weighted by atomic mass is 35.5. The van der Waals surface area contributed by atoms with Crippen LogP contribution in [0.3, 0.4) is 0 Å². The van der Waals surface area contributed by atoms with Crippen molar-refractivity contribution in [3.63, 3.8) is 0 Å². The van der Waals surface area contributed by atoms with E-state index >= 15 is 0 Å². The normalized spacial score (nSPS) is 11.0. The average molecular weight is 305 g/mol. The SMILES string of the molecule is Cc1cc(N(C)Cc2cc(N)ccc2Cl)nc(C(C)C)n1. The van der Waals surface area contributed by atoms with Crippen LogP contribution < -0.4 is 10.6 Å². The molecule has 112 valence electrons. The van der Waals surface area contributed by atoms with E-state index in [0.717, 1.165) is 22.9 Å². The summed E-state index contributed by atoms with van der Waals surface area (Å²) in [4.78, 5) is 11.1. The fourth-order valence-corrected chi connectivity index (χ4v) is 2.26. The molecule has 0 aliphatic carbocycles. The zero-order valence-corrected chi connectivity index (χ0v) is 13.6. The van der Waals surface area contributed by atoms with E-state index in [1.165, 1.54) is 0 Å². The van der Waals surface area contributed by atoms with Gasteiger partial charge in [-0.3, -0.25) is 0 Å². The van der Waals surface area contributed by atoms with Gasteiger partial charge in [-0.15, -0.1) is 0 Å². The van der Waals surface area contributed by atoms with Crippen molar-refractivity contribution in [2.24, 2.45) is 0 Å². The van der Waals surface area contributed by atoms with Crippen LogP contribution in [0.15, 0.2) is 24.3 Å². The Kier molecular flexibility index (Phi) is 4.68. The summed E-state index contributed by atoms with van der Waals surface area (Å²) in [5.41, 5.74) is 8.49. The van der Waals surface area contributed by atoms with Crippen LogP contribution in [0.2, 0.25) is 5.02 Å². The third kappa shape index (κ3) is 3.85. The Labute approximate surface area is 131 Å². The molecule has 2 rings (SSSR count). The molecule has 0 aliphatic heterocycles. The highest BCUT2D eigenvalue weighted by Gasteiger charge is 2.11. The highest BCUT2D eigenvalue weighted by Crippen LogP contribution is 2.23. The number of hydrogen-bond acceptors (Lipinski definition) is 4. The molecule has 2 N–H and O–H groups in total. The first-order valence-electron chi connectivity index (χ1n) is 6.97. The highest BCUT2D eigenvalue weighted by molar-refractivity contribution is 6.31. The number of hydrogen-bond donors (Lipinski definition) is 1. The van der Waals surface area contributed by atoms with Crippen LogP contribution in [0.25, 0.3) is 0 Å². The fourth-order valence-electron chi connectivity index (χ4n) is 2.08. The van der Waals surface area contributed by atoms with Crippen molar-refractivity contribution in [3.8, 4) is 0 Å². The van der Waals surface area contributed by atoms with Gasteiger partial charge in [-0.25, -0.2) is 9.97 Å². The minimum absolute atomic E-state index is 0.299. The van der Waals surface area contributed by atoms with Crippen LogP contribution in [-0.4, -0.2) is 17.0 Å². The second-order valence-corrected chi connectivity index (χ2v) is 5.99. The molecule has 0 saturated heterocycles. The maximum atomic E-state index is 6.23. The summed E-state index contributed by atoms with van der Waals surface area (Å²) in [5.74, 6) is 2.05. The summed E-state index contributed by atoms with van der Waals surface area (Å²) < 4.78 is 0. The lowest BCUT2D eigenvalue weighted by molar-refractivity contribution is 0.755. The quantitative estimate of drug-likeness (QED) is 0.873. The van der Waals surface area contributed by atoms with Crippen molar-refractivity contribution in [1.29, 1.82) is 0 Å². The molecule has 4 nitrogen and oxygen atoms in total. The van der Waals surface area contributed by atoms with E-state index in [0.29, 0.717) is 23.2 Å². The standard InChI is InChI=1S/C16H21ClN4/c1-10(2)16-19-11(3)7-15(20-16)21(4)9-12-8-13(18)5-6-14(12)17/h5-8,10H,9,18H2,1-4H3. The molecule has 0 saturated carbocycles. The van der Waals surface area contributed by atoms with Crippen LogP contribution in [0.5, 0.6) is 0 Å². The van der Waals surface area contributed by atoms with Gasteiger partial charge in [0.15, 0.2) is 0 Å². The molecule has 0 atom stereocenters. The minimum atomic E-state index is 0.299. The zero-order chi connectivity index (χ0) is 15.6. The van der Waals surface area contributed by atoms with E-state index in [-0.39, 0.29) is 0 Å². The van der Waals surface area contributed by atoms with Crippen molar-refractivity contribution in [3.05, 3.63) is 46.4 Å². The first-order chi connectivity index (χ1) is 9.86. The van der Waals surface area contributed by atoms with Crippen LogP contribution in [0.1, 0.15) is 36.8 Å². The number of nitrogen functional groups attached to an aromatic ring is 1. The third-order valence-corrected chi connectivity index (χ3v) is 3.61. The Bertz CT molecular complexity index is 640. The molecule has 1 aromatic heterocycles. The lowest BCUT2D eigenvalue weighted by Gasteiger charge is -2.20. The fraction of sp³-hybridized carbons (Fsp3) is 0.375. The summed E-state index contributed by atoms with van der Waals surface area (Å²) >= 11 is 6.23. The summed E-state index contributed by atoms with van der Waals surface area (Å²) in [7, 11) is 1.99. The number of halogens is 1. The Balaban J connectivity index is 2.28. The maximum Gasteiger partial charge on any atom is 0.133 e. The van der Waals surface area contributed by atoms with Gasteiger partial charge in [-0.1, -0.05) is 25.4 Å². The summed E-state index contributed by atoms with van der Waals surface area (Å²) in [5, 5.41) is 0.714. The van der Waals surface area contributed by atoms with Gasteiger partial charge in [0.1, 0.15) is 11.6 Å². The maximum absolute atomic E-state index is 6.23. The minimum Gasteiger partial charge on any atom is -0.399 e. The average Bonchev–Trinajstić information content (AvgIpc) is 2.42. The predicted molar refractivity (Wildman–Crippen MR) is 88.8 cm³/mol. The number of nitrogens with zero attached hydrogens (tertiary/aromatic N) is 3. The zero-order valence-electron chi connectivity index (χ0n) is 12.9. The van der Waals surface area contributed by atoms with Crippen molar-refractivity contribution >= 4 is 23.1 Å². The molecule has 0 bridgehead atoms. The first kappa shape index (κ1) is 15.6. The molecule has 0 amide bonds. The van der Waals surface area contributed by atoms with Crippen molar-refractivity contribution in [2.75, 3.05) is 17.7 Å². The largest absolute Gasteiger partial charge is 0.399 e. The first-order valence-corrected chi connectivity index (χ1v) is 7.35. The lowest BCUT2D eigenvalue weighted by atomic mass is 10.2. The Morgan fingerprint density at radius 1 is 1.24 bits per heavy atom. The molecule has 0 spiro atoms. The molecular formula is C16H21ClN4. The lowest BCUT2D eigenvalue weighted by Crippen LogP contribution is -2.19. The Morgan fingerprint density at radius 2 is 1.95 bits per heavy atom. The number of nitrogens with two attached hydrogens (primary N) is 1. The second kappa shape index (κ2) is 6.31.